The largest absolute Gasteiger partial charge is 0.480 e. The first-order valence-corrected chi connectivity index (χ1v) is 8.30. The first-order chi connectivity index (χ1) is 8.47. The number of carbonyl (C=O) groups is 1. The number of fused-ring (bicyclic) bond motifs is 1. The van der Waals surface area contributed by atoms with Crippen molar-refractivity contribution in [1.82, 2.24) is 4.31 Å². The van der Waals surface area contributed by atoms with Gasteiger partial charge in [-0.15, -0.1) is 0 Å². The summed E-state index contributed by atoms with van der Waals surface area (Å²) in [6, 6.07) is -0.820. The molecule has 0 bridgehead atoms. The van der Waals surface area contributed by atoms with E-state index in [-0.39, 0.29) is 17.6 Å². The predicted molar refractivity (Wildman–Crippen MR) is 67.7 cm³/mol. The second kappa shape index (κ2) is 5.17. The number of sulfonamides is 1. The molecule has 0 aromatic rings. The molecule has 2 fully saturated rings. The summed E-state index contributed by atoms with van der Waals surface area (Å²) in [5.74, 6) is -0.627. The zero-order valence-corrected chi connectivity index (χ0v) is 11.5. The van der Waals surface area contributed by atoms with E-state index in [1.54, 1.807) is 0 Å². The van der Waals surface area contributed by atoms with Gasteiger partial charge in [0.05, 0.1) is 5.75 Å². The first-order valence-electron chi connectivity index (χ1n) is 6.69. The Morgan fingerprint density at radius 2 is 2.11 bits per heavy atom. The summed E-state index contributed by atoms with van der Waals surface area (Å²) in [5, 5.41) is 9.31. The van der Waals surface area contributed by atoms with Crippen molar-refractivity contribution in [2.24, 2.45) is 11.8 Å². The van der Waals surface area contributed by atoms with Crippen LogP contribution in [-0.4, -0.2) is 42.1 Å². The molecule has 1 aliphatic heterocycles. The van der Waals surface area contributed by atoms with Gasteiger partial charge in [0.25, 0.3) is 0 Å². The fourth-order valence-corrected chi connectivity index (χ4v) is 5.20. The zero-order valence-electron chi connectivity index (χ0n) is 10.7. The highest BCUT2D eigenvalue weighted by Gasteiger charge is 2.51. The van der Waals surface area contributed by atoms with Crippen LogP contribution < -0.4 is 0 Å². The van der Waals surface area contributed by atoms with Gasteiger partial charge >= 0.3 is 5.97 Å². The third-order valence-electron chi connectivity index (χ3n) is 4.21. The molecule has 104 valence electrons. The quantitative estimate of drug-likeness (QED) is 0.820. The molecule has 1 heterocycles. The van der Waals surface area contributed by atoms with E-state index in [2.05, 4.69) is 0 Å². The average molecular weight is 275 g/mol. The number of carboxylic acids is 1. The Morgan fingerprint density at radius 1 is 1.39 bits per heavy atom. The lowest BCUT2D eigenvalue weighted by Gasteiger charge is -2.23. The molecule has 0 amide bonds. The van der Waals surface area contributed by atoms with Crippen LogP contribution in [0, 0.1) is 11.8 Å². The summed E-state index contributed by atoms with van der Waals surface area (Å²) < 4.78 is 25.7. The summed E-state index contributed by atoms with van der Waals surface area (Å²) in [6.45, 7) is 2.34. The Balaban J connectivity index is 2.19. The molecule has 0 radical (unpaired) electrons. The maximum atomic E-state index is 12.2. The number of aliphatic carboxylic acids is 1. The van der Waals surface area contributed by atoms with Crippen molar-refractivity contribution in [3.63, 3.8) is 0 Å². The molecule has 3 atom stereocenters. The van der Waals surface area contributed by atoms with Crippen LogP contribution in [0.25, 0.3) is 0 Å². The van der Waals surface area contributed by atoms with Crippen molar-refractivity contribution < 1.29 is 18.3 Å². The monoisotopic (exact) mass is 275 g/mol. The third-order valence-corrected chi connectivity index (χ3v) is 6.11. The van der Waals surface area contributed by atoms with Gasteiger partial charge in [0.2, 0.25) is 10.0 Å². The van der Waals surface area contributed by atoms with Gasteiger partial charge < -0.3 is 5.11 Å². The molecule has 18 heavy (non-hydrogen) atoms. The minimum Gasteiger partial charge on any atom is -0.480 e. The van der Waals surface area contributed by atoms with Crippen LogP contribution in [0.4, 0.5) is 0 Å². The van der Waals surface area contributed by atoms with E-state index in [4.69, 9.17) is 0 Å². The maximum absolute atomic E-state index is 12.2. The highest BCUT2D eigenvalue weighted by molar-refractivity contribution is 7.89. The van der Waals surface area contributed by atoms with Gasteiger partial charge in [-0.1, -0.05) is 19.8 Å². The Kier molecular flexibility index (Phi) is 3.96. The molecule has 1 saturated carbocycles. The smallest absolute Gasteiger partial charge is 0.322 e. The molecule has 3 unspecified atom stereocenters. The van der Waals surface area contributed by atoms with E-state index in [9.17, 15) is 18.3 Å². The molecule has 0 aromatic heterocycles. The van der Waals surface area contributed by atoms with Gasteiger partial charge in [0.15, 0.2) is 0 Å². The van der Waals surface area contributed by atoms with Crippen LogP contribution in [0.5, 0.6) is 0 Å². The molecular weight excluding hydrogens is 254 g/mol. The van der Waals surface area contributed by atoms with E-state index >= 15 is 0 Å². The van der Waals surface area contributed by atoms with Gasteiger partial charge in [-0.2, -0.15) is 4.31 Å². The highest BCUT2D eigenvalue weighted by atomic mass is 32.2. The number of carboxylic acid groups (broad SMARTS) is 1. The normalized spacial score (nSPS) is 32.6. The lowest BCUT2D eigenvalue weighted by Crippen LogP contribution is -2.44. The molecule has 6 heteroatoms. The molecular formula is C12H21NO4S. The van der Waals surface area contributed by atoms with Crippen molar-refractivity contribution in [3.8, 4) is 0 Å². The van der Waals surface area contributed by atoms with E-state index in [0.717, 1.165) is 25.7 Å². The first kappa shape index (κ1) is 13.8. The van der Waals surface area contributed by atoms with E-state index < -0.39 is 22.0 Å². The molecule has 1 saturated heterocycles. The minimum absolute atomic E-state index is 0.0268. The Hall–Kier alpha value is -0.620. The number of hydrogen-bond acceptors (Lipinski definition) is 3. The van der Waals surface area contributed by atoms with Gasteiger partial charge in [-0.25, -0.2) is 8.42 Å². The Labute approximate surface area is 108 Å². The van der Waals surface area contributed by atoms with Crippen LogP contribution in [-0.2, 0) is 14.8 Å². The standard InChI is InChI=1S/C12H21NO4S/c1-2-3-7-18(16,17)13-8-9-5-4-6-10(9)11(13)12(14)15/h9-11H,2-8H2,1H3,(H,14,15). The zero-order chi connectivity index (χ0) is 13.3. The van der Waals surface area contributed by atoms with Crippen molar-refractivity contribution in [3.05, 3.63) is 0 Å². The lowest BCUT2D eigenvalue weighted by atomic mass is 9.94. The summed E-state index contributed by atoms with van der Waals surface area (Å²) in [5.41, 5.74) is 0. The average Bonchev–Trinajstić information content (AvgIpc) is 2.84. The van der Waals surface area contributed by atoms with Gasteiger partial charge in [0.1, 0.15) is 6.04 Å². The molecule has 5 nitrogen and oxygen atoms in total. The number of rotatable bonds is 5. The van der Waals surface area contributed by atoms with Crippen LogP contribution in [0.15, 0.2) is 0 Å². The summed E-state index contributed by atoms with van der Waals surface area (Å²) in [7, 11) is -3.41. The Bertz CT molecular complexity index is 420. The summed E-state index contributed by atoms with van der Waals surface area (Å²) >= 11 is 0. The fraction of sp³-hybridized carbons (Fsp3) is 0.917. The SMILES string of the molecule is CCCCS(=O)(=O)N1CC2CCCC2C1C(=O)O. The lowest BCUT2D eigenvalue weighted by molar-refractivity contribution is -0.142. The molecule has 1 N–H and O–H groups in total. The van der Waals surface area contributed by atoms with Gasteiger partial charge in [-0.05, 0) is 31.1 Å². The second-order valence-electron chi connectivity index (χ2n) is 5.38. The molecule has 2 aliphatic rings. The number of unbranched alkanes of at least 4 members (excludes halogenated alkanes) is 1. The molecule has 1 aliphatic carbocycles. The number of hydrogen-bond donors (Lipinski definition) is 1. The maximum Gasteiger partial charge on any atom is 0.322 e. The summed E-state index contributed by atoms with van der Waals surface area (Å²) in [6.07, 6.45) is 4.25. The van der Waals surface area contributed by atoms with E-state index in [1.807, 2.05) is 6.92 Å². The van der Waals surface area contributed by atoms with Crippen LogP contribution in [0.1, 0.15) is 39.0 Å². The predicted octanol–water partition coefficient (Wildman–Crippen LogP) is 1.30. The Morgan fingerprint density at radius 3 is 2.72 bits per heavy atom. The summed E-state index contributed by atoms with van der Waals surface area (Å²) in [4.78, 5) is 11.4. The van der Waals surface area contributed by atoms with E-state index in [1.165, 1.54) is 4.31 Å². The second-order valence-corrected chi connectivity index (χ2v) is 7.42. The van der Waals surface area contributed by atoms with Gasteiger partial charge in [-0.3, -0.25) is 4.79 Å². The van der Waals surface area contributed by atoms with E-state index in [0.29, 0.717) is 13.0 Å². The minimum atomic E-state index is -3.41. The molecule has 0 aromatic carbocycles. The molecule has 2 rings (SSSR count). The molecule has 0 spiro atoms. The van der Waals surface area contributed by atoms with Crippen LogP contribution >= 0.6 is 0 Å². The van der Waals surface area contributed by atoms with Crippen molar-refractivity contribution in [2.45, 2.75) is 45.1 Å². The van der Waals surface area contributed by atoms with Crippen molar-refractivity contribution in [2.75, 3.05) is 12.3 Å². The fourth-order valence-electron chi connectivity index (χ4n) is 3.30. The van der Waals surface area contributed by atoms with Crippen LogP contribution in [0.2, 0.25) is 0 Å². The number of nitrogens with zero attached hydrogens (tertiary/aromatic N) is 1. The van der Waals surface area contributed by atoms with Crippen molar-refractivity contribution in [1.29, 1.82) is 0 Å². The van der Waals surface area contributed by atoms with Crippen molar-refractivity contribution >= 4 is 16.0 Å². The topological polar surface area (TPSA) is 74.7 Å². The van der Waals surface area contributed by atoms with Gasteiger partial charge in [0, 0.05) is 6.54 Å². The van der Waals surface area contributed by atoms with Crippen LogP contribution in [0.3, 0.4) is 0 Å². The third kappa shape index (κ3) is 2.40. The highest BCUT2D eigenvalue weighted by Crippen LogP contribution is 2.43.